The van der Waals surface area contributed by atoms with E-state index in [2.05, 4.69) is 15.4 Å². The number of hydrogen-bond donors (Lipinski definition) is 0. The second-order valence-corrected chi connectivity index (χ2v) is 5.63. The molecule has 20 heavy (non-hydrogen) atoms. The Hall–Kier alpha value is -2.22. The molecule has 3 rings (SSSR count). The van der Waals surface area contributed by atoms with E-state index < -0.39 is 0 Å². The van der Waals surface area contributed by atoms with Crippen LogP contribution in [0.4, 0.5) is 0 Å². The van der Waals surface area contributed by atoms with Gasteiger partial charge < -0.3 is 4.52 Å². The molecule has 0 aromatic carbocycles. The van der Waals surface area contributed by atoms with Crippen molar-refractivity contribution in [2.75, 3.05) is 0 Å². The van der Waals surface area contributed by atoms with E-state index in [-0.39, 0.29) is 11.4 Å². The number of hydrogen-bond acceptors (Lipinski definition) is 6. The lowest BCUT2D eigenvalue weighted by Gasteiger charge is -1.94. The molecule has 7 nitrogen and oxygen atoms in total. The van der Waals surface area contributed by atoms with Crippen LogP contribution in [-0.4, -0.2) is 24.7 Å². The standard InChI is InChI=1S/C12H13N5O2S/c1-7-10(5-13-16(7)3)11-4-9(19-15-11)6-17-12(18)20-8(2)14-17/h4-5H,6H2,1-3H3. The highest BCUT2D eigenvalue weighted by molar-refractivity contribution is 7.08. The largest absolute Gasteiger partial charge is 0.359 e. The van der Waals surface area contributed by atoms with Gasteiger partial charge in [-0.05, 0) is 13.8 Å². The highest BCUT2D eigenvalue weighted by Crippen LogP contribution is 2.22. The average Bonchev–Trinajstić information content (AvgIpc) is 3.05. The Morgan fingerprint density at radius 2 is 2.20 bits per heavy atom. The fraction of sp³-hybridized carbons (Fsp3) is 0.333. The van der Waals surface area contributed by atoms with Gasteiger partial charge in [0.15, 0.2) is 5.76 Å². The van der Waals surface area contributed by atoms with Gasteiger partial charge >= 0.3 is 4.87 Å². The molecule has 0 spiro atoms. The molecule has 0 aliphatic heterocycles. The molecule has 0 amide bonds. The maximum absolute atomic E-state index is 11.6. The summed E-state index contributed by atoms with van der Waals surface area (Å²) in [7, 11) is 1.87. The molecule has 3 aromatic rings. The Labute approximate surface area is 118 Å². The smallest absolute Gasteiger partial charge is 0.325 e. The van der Waals surface area contributed by atoms with Crippen LogP contribution in [0, 0.1) is 13.8 Å². The first-order valence-electron chi connectivity index (χ1n) is 6.03. The molecule has 0 atom stereocenters. The fourth-order valence-electron chi connectivity index (χ4n) is 1.92. The summed E-state index contributed by atoms with van der Waals surface area (Å²) in [6.07, 6.45) is 1.75. The number of nitrogens with zero attached hydrogens (tertiary/aromatic N) is 5. The van der Waals surface area contributed by atoms with Gasteiger partial charge in [-0.25, -0.2) is 4.68 Å². The predicted molar refractivity (Wildman–Crippen MR) is 73.7 cm³/mol. The number of aromatic nitrogens is 5. The van der Waals surface area contributed by atoms with Gasteiger partial charge in [-0.15, -0.1) is 0 Å². The molecule has 0 radical (unpaired) electrons. The molecule has 104 valence electrons. The Morgan fingerprint density at radius 1 is 1.40 bits per heavy atom. The Morgan fingerprint density at radius 3 is 2.80 bits per heavy atom. The van der Waals surface area contributed by atoms with Crippen molar-refractivity contribution in [1.82, 2.24) is 24.7 Å². The maximum atomic E-state index is 11.6. The topological polar surface area (TPSA) is 78.7 Å². The summed E-state index contributed by atoms with van der Waals surface area (Å²) in [5.41, 5.74) is 2.64. The predicted octanol–water partition coefficient (Wildman–Crippen LogP) is 1.36. The molecule has 8 heteroatoms. The minimum atomic E-state index is -0.0991. The zero-order valence-corrected chi connectivity index (χ0v) is 12.1. The van der Waals surface area contributed by atoms with Crippen LogP contribution in [0.15, 0.2) is 21.6 Å². The van der Waals surface area contributed by atoms with Crippen molar-refractivity contribution in [1.29, 1.82) is 0 Å². The van der Waals surface area contributed by atoms with Crippen LogP contribution in [0.25, 0.3) is 11.3 Å². The highest BCUT2D eigenvalue weighted by Gasteiger charge is 2.13. The van der Waals surface area contributed by atoms with E-state index in [0.29, 0.717) is 11.5 Å². The van der Waals surface area contributed by atoms with Crippen molar-refractivity contribution < 1.29 is 4.52 Å². The quantitative estimate of drug-likeness (QED) is 0.728. The average molecular weight is 291 g/mol. The second kappa shape index (κ2) is 4.71. The first-order chi connectivity index (χ1) is 9.54. The van der Waals surface area contributed by atoms with Crippen molar-refractivity contribution in [2.24, 2.45) is 7.05 Å². The first-order valence-corrected chi connectivity index (χ1v) is 6.85. The fourth-order valence-corrected chi connectivity index (χ4v) is 2.53. The van der Waals surface area contributed by atoms with Gasteiger partial charge in [-0.3, -0.25) is 9.48 Å². The Kier molecular flexibility index (Phi) is 3.01. The number of rotatable bonds is 3. The van der Waals surface area contributed by atoms with E-state index >= 15 is 0 Å². The minimum absolute atomic E-state index is 0.0991. The second-order valence-electron chi connectivity index (χ2n) is 4.49. The number of aryl methyl sites for hydroxylation is 2. The van der Waals surface area contributed by atoms with E-state index in [4.69, 9.17) is 4.52 Å². The van der Waals surface area contributed by atoms with Crippen molar-refractivity contribution >= 4 is 11.3 Å². The normalized spacial score (nSPS) is 11.2. The summed E-state index contributed by atoms with van der Waals surface area (Å²) in [4.78, 5) is 11.5. The third-order valence-corrected chi connectivity index (χ3v) is 3.85. The SMILES string of the molecule is Cc1nn(Cc2cc(-c3cnn(C)c3C)no2)c(=O)s1. The van der Waals surface area contributed by atoms with E-state index in [1.807, 2.05) is 20.0 Å². The van der Waals surface area contributed by atoms with Crippen LogP contribution >= 0.6 is 11.3 Å². The van der Waals surface area contributed by atoms with Gasteiger partial charge in [-0.2, -0.15) is 10.2 Å². The van der Waals surface area contributed by atoms with Gasteiger partial charge in [0, 0.05) is 24.4 Å². The van der Waals surface area contributed by atoms with Gasteiger partial charge in [0.05, 0.1) is 6.20 Å². The third kappa shape index (κ3) is 2.18. The molecule has 0 fully saturated rings. The Bertz CT molecular complexity index is 810. The lowest BCUT2D eigenvalue weighted by Crippen LogP contribution is -2.15. The van der Waals surface area contributed by atoms with Crippen molar-refractivity contribution in [3.8, 4) is 11.3 Å². The van der Waals surface area contributed by atoms with E-state index in [9.17, 15) is 4.79 Å². The third-order valence-electron chi connectivity index (χ3n) is 3.08. The summed E-state index contributed by atoms with van der Waals surface area (Å²) in [5.74, 6) is 0.593. The molecule has 0 saturated carbocycles. The van der Waals surface area contributed by atoms with Crippen molar-refractivity contribution in [3.05, 3.63) is 38.4 Å². The summed E-state index contributed by atoms with van der Waals surface area (Å²) in [6, 6.07) is 1.81. The highest BCUT2D eigenvalue weighted by atomic mass is 32.1. The van der Waals surface area contributed by atoms with E-state index in [0.717, 1.165) is 27.6 Å². The molecule has 3 aromatic heterocycles. The van der Waals surface area contributed by atoms with Crippen LogP contribution in [0.2, 0.25) is 0 Å². The molecular weight excluding hydrogens is 278 g/mol. The summed E-state index contributed by atoms with van der Waals surface area (Å²) in [5, 5.41) is 13.1. The van der Waals surface area contributed by atoms with E-state index in [1.165, 1.54) is 4.68 Å². The molecule has 0 unspecified atom stereocenters. The molecule has 3 heterocycles. The summed E-state index contributed by atoms with van der Waals surface area (Å²) < 4.78 is 8.42. The summed E-state index contributed by atoms with van der Waals surface area (Å²) >= 11 is 1.12. The lowest BCUT2D eigenvalue weighted by atomic mass is 10.2. The zero-order chi connectivity index (χ0) is 14.3. The van der Waals surface area contributed by atoms with Crippen molar-refractivity contribution in [2.45, 2.75) is 20.4 Å². The van der Waals surface area contributed by atoms with Crippen molar-refractivity contribution in [3.63, 3.8) is 0 Å². The van der Waals surface area contributed by atoms with Crippen LogP contribution in [-0.2, 0) is 13.6 Å². The van der Waals surface area contributed by atoms with Gasteiger partial charge in [0.2, 0.25) is 0 Å². The molecule has 0 saturated heterocycles. The minimum Gasteiger partial charge on any atom is -0.359 e. The molecule has 0 N–H and O–H groups in total. The summed E-state index contributed by atoms with van der Waals surface area (Å²) in [6.45, 7) is 4.05. The van der Waals surface area contributed by atoms with Gasteiger partial charge in [0.1, 0.15) is 17.2 Å². The molecule has 0 bridgehead atoms. The van der Waals surface area contributed by atoms with Gasteiger partial charge in [-0.1, -0.05) is 16.5 Å². The van der Waals surface area contributed by atoms with Crippen LogP contribution in [0.5, 0.6) is 0 Å². The molecule has 0 aliphatic rings. The van der Waals surface area contributed by atoms with Crippen LogP contribution in [0.3, 0.4) is 0 Å². The first kappa shape index (κ1) is 12.8. The zero-order valence-electron chi connectivity index (χ0n) is 11.3. The lowest BCUT2D eigenvalue weighted by molar-refractivity contribution is 0.371. The van der Waals surface area contributed by atoms with Gasteiger partial charge in [0.25, 0.3) is 0 Å². The molecule has 0 aliphatic carbocycles. The molecular formula is C12H13N5O2S. The Balaban J connectivity index is 1.89. The van der Waals surface area contributed by atoms with E-state index in [1.54, 1.807) is 17.8 Å². The van der Waals surface area contributed by atoms with Crippen LogP contribution < -0.4 is 4.87 Å². The maximum Gasteiger partial charge on any atom is 0.325 e. The van der Waals surface area contributed by atoms with Crippen LogP contribution in [0.1, 0.15) is 16.5 Å². The monoisotopic (exact) mass is 291 g/mol.